The molecule has 0 bridgehead atoms. The molecule has 0 aliphatic heterocycles. The topological polar surface area (TPSA) is 34.1 Å². The summed E-state index contributed by atoms with van der Waals surface area (Å²) in [6.45, 7) is 36.2. The molecular weight excluding hydrogens is 801 g/mol. The second kappa shape index (κ2) is 88.9. The van der Waals surface area contributed by atoms with E-state index < -0.39 is 0 Å². The van der Waals surface area contributed by atoms with Crippen LogP contribution in [-0.4, -0.2) is 11.6 Å². The number of carbonyl (C=O) groups excluding carboxylic acids is 2. The lowest BCUT2D eigenvalue weighted by molar-refractivity contribution is -0.115. The highest BCUT2D eigenvalue weighted by Gasteiger charge is 1.89. The maximum Gasteiger partial charge on any atom is 0.126 e. The maximum atomic E-state index is 9.44. The van der Waals surface area contributed by atoms with E-state index in [0.717, 1.165) is 0 Å². The molecular formula is C64H124O2. The number of rotatable bonds is 24. The van der Waals surface area contributed by atoms with Crippen molar-refractivity contribution in [2.45, 2.75) is 304 Å². The van der Waals surface area contributed by atoms with Gasteiger partial charge in [-0.2, -0.15) is 0 Å². The highest BCUT2D eigenvalue weighted by atomic mass is 16.1. The van der Waals surface area contributed by atoms with Gasteiger partial charge in [-0.05, 0) is 38.5 Å². The van der Waals surface area contributed by atoms with E-state index in [2.05, 4.69) is 104 Å². The Kier molecular flexibility index (Phi) is 108. The van der Waals surface area contributed by atoms with Gasteiger partial charge in [0.15, 0.2) is 0 Å². The van der Waals surface area contributed by atoms with Crippen molar-refractivity contribution in [3.63, 3.8) is 0 Å². The minimum absolute atomic E-state index is 0.167. The lowest BCUT2D eigenvalue weighted by Crippen LogP contribution is -1.76. The van der Waals surface area contributed by atoms with Gasteiger partial charge in [-0.25, -0.2) is 0 Å². The molecule has 0 unspecified atom stereocenters. The summed E-state index contributed by atoms with van der Waals surface area (Å²) in [5, 5.41) is 2.62. The Balaban J connectivity index is -0.0000000968. The van der Waals surface area contributed by atoms with E-state index in [0.29, 0.717) is 0 Å². The highest BCUT2D eigenvalue weighted by Crippen LogP contribution is 2.11. The molecule has 0 fully saturated rings. The fourth-order valence-electron chi connectivity index (χ4n) is 5.64. The SMILES string of the molecule is CC.CC.CC.CC(C)=O.CC(C)=O.CCCCCCCCC.CCCCCCCCC.CCCCCCCCC.CCCCCCCCC.c1ccc2ccccc2c1.c1ccccc1. The lowest BCUT2D eigenvalue weighted by atomic mass is 10.1. The average Bonchev–Trinajstić information content (AvgIpc) is 3.35. The van der Waals surface area contributed by atoms with Crippen molar-refractivity contribution in [2.75, 3.05) is 0 Å². The fourth-order valence-corrected chi connectivity index (χ4v) is 5.64. The van der Waals surface area contributed by atoms with Crippen molar-refractivity contribution < 1.29 is 9.59 Å². The molecule has 392 valence electrons. The molecule has 3 aromatic carbocycles. The Morgan fingerprint density at radius 2 is 0.348 bits per heavy atom. The third kappa shape index (κ3) is 109. The molecule has 0 aliphatic rings. The Labute approximate surface area is 419 Å². The van der Waals surface area contributed by atoms with Crippen molar-refractivity contribution >= 4 is 22.3 Å². The van der Waals surface area contributed by atoms with Crippen molar-refractivity contribution in [3.05, 3.63) is 84.9 Å². The van der Waals surface area contributed by atoms with Crippen LogP contribution in [0.5, 0.6) is 0 Å². The first-order valence-electron chi connectivity index (χ1n) is 28.5. The van der Waals surface area contributed by atoms with Crippen molar-refractivity contribution in [1.29, 1.82) is 0 Å². The summed E-state index contributed by atoms with van der Waals surface area (Å²) >= 11 is 0. The largest absolute Gasteiger partial charge is 0.300 e. The standard InChI is InChI=1S/C10H8.4C9H20.C6H6.2C3H6O.3C2H6/c1-2-6-10-8-4-3-7-9(10)5-1;4*1-3-5-7-9-8-6-4-2;1-2-4-6-5-3-1;2*1-3(2)4;3*1-2/h1-8H;4*3-9H2,1-2H3;1-6H;2*1-2H3;3*1-2H3. The van der Waals surface area contributed by atoms with Gasteiger partial charge in [0.25, 0.3) is 0 Å². The Morgan fingerprint density at radius 3 is 0.455 bits per heavy atom. The minimum Gasteiger partial charge on any atom is -0.300 e. The molecule has 0 aromatic heterocycles. The second-order valence-electron chi connectivity index (χ2n) is 16.4. The first-order valence-corrected chi connectivity index (χ1v) is 28.5. The minimum atomic E-state index is 0.167. The van der Waals surface area contributed by atoms with Crippen LogP contribution in [0.4, 0.5) is 0 Å². The third-order valence-electron chi connectivity index (χ3n) is 9.15. The third-order valence-corrected chi connectivity index (χ3v) is 9.15. The molecule has 0 atom stereocenters. The highest BCUT2D eigenvalue weighted by molar-refractivity contribution is 5.82. The van der Waals surface area contributed by atoms with E-state index in [9.17, 15) is 9.59 Å². The lowest BCUT2D eigenvalue weighted by Gasteiger charge is -1.96. The van der Waals surface area contributed by atoms with Gasteiger partial charge >= 0.3 is 0 Å². The molecule has 0 aliphatic carbocycles. The van der Waals surface area contributed by atoms with Crippen LogP contribution in [0.1, 0.15) is 304 Å². The van der Waals surface area contributed by atoms with Gasteiger partial charge in [0, 0.05) is 0 Å². The van der Waals surface area contributed by atoms with Crippen molar-refractivity contribution in [2.24, 2.45) is 0 Å². The average molecular weight is 926 g/mol. The number of ketones is 2. The van der Waals surface area contributed by atoms with Crippen LogP contribution in [0.2, 0.25) is 0 Å². The predicted molar refractivity (Wildman–Crippen MR) is 312 cm³/mol. The number of carbonyl (C=O) groups is 2. The maximum absolute atomic E-state index is 9.44. The van der Waals surface area contributed by atoms with Gasteiger partial charge in [0.05, 0.1) is 0 Å². The van der Waals surface area contributed by atoms with Crippen LogP contribution in [0.3, 0.4) is 0 Å². The first kappa shape index (κ1) is 80.3. The monoisotopic (exact) mass is 925 g/mol. The number of benzene rings is 3. The molecule has 66 heavy (non-hydrogen) atoms. The molecule has 0 spiro atoms. The van der Waals surface area contributed by atoms with Crippen LogP contribution >= 0.6 is 0 Å². The zero-order valence-electron chi connectivity index (χ0n) is 48.7. The van der Waals surface area contributed by atoms with E-state index in [1.807, 2.05) is 77.9 Å². The predicted octanol–water partition coefficient (Wildman–Crippen LogP) is 23.8. The van der Waals surface area contributed by atoms with E-state index >= 15 is 0 Å². The summed E-state index contributed by atoms with van der Waals surface area (Å²) in [6.07, 6.45) is 39.9. The molecule has 0 heterocycles. The number of unbranched alkanes of at least 4 members (excludes halogenated alkanes) is 24. The Bertz CT molecular complexity index is 946. The van der Waals surface area contributed by atoms with Crippen LogP contribution < -0.4 is 0 Å². The first-order chi connectivity index (χ1) is 32.1. The van der Waals surface area contributed by atoms with Gasteiger partial charge in [0.2, 0.25) is 0 Å². The van der Waals surface area contributed by atoms with Crippen LogP contribution in [0.15, 0.2) is 84.9 Å². The van der Waals surface area contributed by atoms with Gasteiger partial charge < -0.3 is 9.59 Å². The Hall–Kier alpha value is -2.74. The summed E-state index contributed by atoms with van der Waals surface area (Å²) in [5.74, 6) is 0.333. The van der Waals surface area contributed by atoms with E-state index in [-0.39, 0.29) is 11.6 Å². The number of Topliss-reactive ketones (excluding diaryl/α,β-unsaturated/α-hetero) is 2. The molecule has 2 nitrogen and oxygen atoms in total. The summed E-state index contributed by atoms with van der Waals surface area (Å²) in [4.78, 5) is 18.9. The molecule has 0 amide bonds. The zero-order chi connectivity index (χ0) is 52.0. The zero-order valence-corrected chi connectivity index (χ0v) is 48.7. The number of hydrogen-bond acceptors (Lipinski definition) is 2. The van der Waals surface area contributed by atoms with Gasteiger partial charge in [-0.1, -0.05) is 362 Å². The number of fused-ring (bicyclic) bond motifs is 1. The van der Waals surface area contributed by atoms with Gasteiger partial charge in [-0.3, -0.25) is 0 Å². The fraction of sp³-hybridized carbons (Fsp3) is 0.719. The molecule has 3 rings (SSSR count). The van der Waals surface area contributed by atoms with Crippen LogP contribution in [0.25, 0.3) is 10.8 Å². The molecule has 0 radical (unpaired) electrons. The molecule has 0 saturated carbocycles. The van der Waals surface area contributed by atoms with E-state index in [1.54, 1.807) is 0 Å². The molecule has 2 heteroatoms. The van der Waals surface area contributed by atoms with Gasteiger partial charge in [-0.15, -0.1) is 0 Å². The van der Waals surface area contributed by atoms with Gasteiger partial charge in [0.1, 0.15) is 11.6 Å². The van der Waals surface area contributed by atoms with Crippen molar-refractivity contribution in [1.82, 2.24) is 0 Å². The van der Waals surface area contributed by atoms with Crippen LogP contribution in [0, 0.1) is 0 Å². The molecule has 0 N–H and O–H groups in total. The van der Waals surface area contributed by atoms with Crippen LogP contribution in [-0.2, 0) is 9.59 Å². The van der Waals surface area contributed by atoms with E-state index in [1.165, 1.54) is 218 Å². The van der Waals surface area contributed by atoms with E-state index in [4.69, 9.17) is 0 Å². The Morgan fingerprint density at radius 1 is 0.242 bits per heavy atom. The quantitative estimate of drug-likeness (QED) is 0.0839. The summed E-state index contributed by atoms with van der Waals surface area (Å²) in [6, 6.07) is 28.7. The number of hydrogen-bond donors (Lipinski definition) is 0. The normalized spacial score (nSPS) is 8.76. The van der Waals surface area contributed by atoms with Crippen molar-refractivity contribution in [3.8, 4) is 0 Å². The smallest absolute Gasteiger partial charge is 0.126 e. The summed E-state index contributed by atoms with van der Waals surface area (Å²) in [5.41, 5.74) is 0. The summed E-state index contributed by atoms with van der Waals surface area (Å²) < 4.78 is 0. The summed E-state index contributed by atoms with van der Waals surface area (Å²) in [7, 11) is 0. The molecule has 0 saturated heterocycles. The molecule has 3 aromatic rings. The second-order valence-corrected chi connectivity index (χ2v) is 16.4.